The Labute approximate surface area is 109 Å². The van der Waals surface area contributed by atoms with E-state index in [0.29, 0.717) is 24.6 Å². The molecule has 3 heterocycles. The van der Waals surface area contributed by atoms with Gasteiger partial charge in [-0.05, 0) is 45.7 Å². The molecular formula is C14H24N2O2. The van der Waals surface area contributed by atoms with Crippen molar-refractivity contribution in [1.82, 2.24) is 9.80 Å². The first-order valence-electron chi connectivity index (χ1n) is 7.36. The molecule has 0 N–H and O–H groups in total. The number of carbonyl (C=O) groups is 1. The largest absolute Gasteiger partial charge is 0.381 e. The van der Waals surface area contributed by atoms with Crippen molar-refractivity contribution in [1.29, 1.82) is 0 Å². The Morgan fingerprint density at radius 1 is 1.11 bits per heavy atom. The molecule has 18 heavy (non-hydrogen) atoms. The Balaban J connectivity index is 1.68. The van der Waals surface area contributed by atoms with Gasteiger partial charge in [-0.3, -0.25) is 4.79 Å². The van der Waals surface area contributed by atoms with E-state index in [1.807, 2.05) is 0 Å². The first-order valence-corrected chi connectivity index (χ1v) is 7.36. The molecule has 3 aliphatic rings. The highest BCUT2D eigenvalue weighted by molar-refractivity contribution is 5.80. The molecule has 1 amide bonds. The summed E-state index contributed by atoms with van der Waals surface area (Å²) in [6, 6.07) is 1.06. The molecule has 3 saturated heterocycles. The number of carbonyl (C=O) groups excluding carboxylic acids is 1. The molecule has 3 rings (SSSR count). The second kappa shape index (κ2) is 5.17. The average molecular weight is 252 g/mol. The zero-order chi connectivity index (χ0) is 12.5. The van der Waals surface area contributed by atoms with Crippen molar-refractivity contribution in [2.24, 2.45) is 5.92 Å². The highest BCUT2D eigenvalue weighted by atomic mass is 16.5. The second-order valence-electron chi connectivity index (χ2n) is 5.99. The van der Waals surface area contributed by atoms with E-state index in [1.165, 1.54) is 32.2 Å². The van der Waals surface area contributed by atoms with E-state index in [9.17, 15) is 4.79 Å². The monoisotopic (exact) mass is 252 g/mol. The normalized spacial score (nSPS) is 37.6. The van der Waals surface area contributed by atoms with E-state index in [1.54, 1.807) is 0 Å². The number of hydrogen-bond donors (Lipinski definition) is 0. The van der Waals surface area contributed by atoms with Crippen molar-refractivity contribution in [3.8, 4) is 0 Å². The van der Waals surface area contributed by atoms with Crippen LogP contribution in [0.25, 0.3) is 0 Å². The minimum absolute atomic E-state index is 0.136. The Kier molecular flexibility index (Phi) is 3.57. The molecule has 3 atom stereocenters. The molecule has 0 aromatic carbocycles. The van der Waals surface area contributed by atoms with Gasteiger partial charge in [0, 0.05) is 25.2 Å². The molecule has 102 valence electrons. The van der Waals surface area contributed by atoms with E-state index in [4.69, 9.17) is 4.74 Å². The van der Waals surface area contributed by atoms with E-state index in [-0.39, 0.29) is 5.92 Å². The summed E-state index contributed by atoms with van der Waals surface area (Å²) < 4.78 is 5.36. The number of rotatable bonds is 2. The number of likely N-dealkylation sites (N-methyl/N-ethyl adjacent to an activating group) is 1. The Morgan fingerprint density at radius 2 is 1.89 bits per heavy atom. The van der Waals surface area contributed by atoms with Crippen molar-refractivity contribution < 1.29 is 9.53 Å². The second-order valence-corrected chi connectivity index (χ2v) is 5.99. The van der Waals surface area contributed by atoms with Crippen molar-refractivity contribution >= 4 is 5.91 Å². The van der Waals surface area contributed by atoms with Crippen LogP contribution in [-0.4, -0.2) is 61.1 Å². The van der Waals surface area contributed by atoms with E-state index < -0.39 is 0 Å². The van der Waals surface area contributed by atoms with Crippen molar-refractivity contribution in [3.63, 3.8) is 0 Å². The highest BCUT2D eigenvalue weighted by Crippen LogP contribution is 2.31. The van der Waals surface area contributed by atoms with E-state index >= 15 is 0 Å². The first-order chi connectivity index (χ1) is 8.77. The fourth-order valence-corrected chi connectivity index (χ4v) is 3.85. The molecule has 0 radical (unpaired) electrons. The van der Waals surface area contributed by atoms with Crippen LogP contribution in [0.3, 0.4) is 0 Å². The average Bonchev–Trinajstić information content (AvgIpc) is 3.09. The molecule has 0 bridgehead atoms. The predicted octanol–water partition coefficient (Wildman–Crippen LogP) is 1.11. The number of nitrogens with zero attached hydrogens (tertiary/aromatic N) is 2. The summed E-state index contributed by atoms with van der Waals surface area (Å²) in [5.74, 6) is 0.493. The SMILES string of the molecule is CN1CCC[C@@H]1[C@@H]1CCCN1C(=O)[C@H]1CCOC1. The van der Waals surface area contributed by atoms with Crippen molar-refractivity contribution in [2.45, 2.75) is 44.2 Å². The van der Waals surface area contributed by atoms with Crippen LogP contribution in [0.4, 0.5) is 0 Å². The zero-order valence-corrected chi connectivity index (χ0v) is 11.3. The van der Waals surface area contributed by atoms with Crippen LogP contribution in [0.5, 0.6) is 0 Å². The van der Waals surface area contributed by atoms with Gasteiger partial charge in [-0.2, -0.15) is 0 Å². The number of ether oxygens (including phenoxy) is 1. The highest BCUT2D eigenvalue weighted by Gasteiger charge is 2.40. The van der Waals surface area contributed by atoms with Gasteiger partial charge in [0.2, 0.25) is 5.91 Å². The summed E-state index contributed by atoms with van der Waals surface area (Å²) >= 11 is 0. The minimum atomic E-state index is 0.136. The van der Waals surface area contributed by atoms with Gasteiger partial charge in [0.1, 0.15) is 0 Å². The van der Waals surface area contributed by atoms with E-state index in [0.717, 1.165) is 19.6 Å². The molecule has 3 fully saturated rings. The third kappa shape index (κ3) is 2.16. The molecule has 0 spiro atoms. The molecule has 3 aliphatic heterocycles. The number of likely N-dealkylation sites (tertiary alicyclic amines) is 2. The molecule has 0 saturated carbocycles. The molecule has 4 nitrogen and oxygen atoms in total. The van der Waals surface area contributed by atoms with Gasteiger partial charge in [0.25, 0.3) is 0 Å². The third-order valence-corrected chi connectivity index (χ3v) is 4.88. The van der Waals surface area contributed by atoms with Gasteiger partial charge in [-0.25, -0.2) is 0 Å². The zero-order valence-electron chi connectivity index (χ0n) is 11.3. The summed E-state index contributed by atoms with van der Waals surface area (Å²) in [6.07, 6.45) is 5.82. The van der Waals surface area contributed by atoms with Crippen LogP contribution in [0.1, 0.15) is 32.1 Å². The Bertz CT molecular complexity index is 315. The van der Waals surface area contributed by atoms with E-state index in [2.05, 4.69) is 16.8 Å². The van der Waals surface area contributed by atoms with Crippen LogP contribution >= 0.6 is 0 Å². The molecule has 0 aliphatic carbocycles. The lowest BCUT2D eigenvalue weighted by Gasteiger charge is -2.34. The topological polar surface area (TPSA) is 32.8 Å². The summed E-state index contributed by atoms with van der Waals surface area (Å²) in [5.41, 5.74) is 0. The maximum absolute atomic E-state index is 12.5. The Hall–Kier alpha value is -0.610. The smallest absolute Gasteiger partial charge is 0.228 e. The van der Waals surface area contributed by atoms with Crippen LogP contribution in [0.15, 0.2) is 0 Å². The molecular weight excluding hydrogens is 228 g/mol. The number of amides is 1. The van der Waals surface area contributed by atoms with Crippen LogP contribution < -0.4 is 0 Å². The van der Waals surface area contributed by atoms with Crippen LogP contribution in [-0.2, 0) is 9.53 Å². The molecule has 0 aromatic rings. The maximum atomic E-state index is 12.5. The molecule has 0 unspecified atom stereocenters. The lowest BCUT2D eigenvalue weighted by Crippen LogP contribution is -2.49. The quantitative estimate of drug-likeness (QED) is 0.738. The maximum Gasteiger partial charge on any atom is 0.228 e. The first kappa shape index (κ1) is 12.4. The lowest BCUT2D eigenvalue weighted by atomic mass is 10.0. The minimum Gasteiger partial charge on any atom is -0.381 e. The van der Waals surface area contributed by atoms with Gasteiger partial charge in [0.05, 0.1) is 12.5 Å². The predicted molar refractivity (Wildman–Crippen MR) is 69.3 cm³/mol. The van der Waals surface area contributed by atoms with Crippen LogP contribution in [0.2, 0.25) is 0 Å². The Morgan fingerprint density at radius 3 is 2.56 bits per heavy atom. The van der Waals surface area contributed by atoms with Gasteiger partial charge in [-0.1, -0.05) is 0 Å². The van der Waals surface area contributed by atoms with Gasteiger partial charge < -0.3 is 14.5 Å². The molecule has 0 aromatic heterocycles. The van der Waals surface area contributed by atoms with Gasteiger partial charge in [-0.15, -0.1) is 0 Å². The number of hydrogen-bond acceptors (Lipinski definition) is 3. The summed E-state index contributed by atoms with van der Waals surface area (Å²) in [6.45, 7) is 3.56. The standard InChI is InChI=1S/C14H24N2O2/c1-15-7-2-4-12(15)13-5-3-8-16(13)14(17)11-6-9-18-10-11/h11-13H,2-10H2,1H3/t11-,12+,13-/m0/s1. The van der Waals surface area contributed by atoms with Crippen molar-refractivity contribution in [2.75, 3.05) is 33.4 Å². The fraction of sp³-hybridized carbons (Fsp3) is 0.929. The molecule has 4 heteroatoms. The van der Waals surface area contributed by atoms with Gasteiger partial charge >= 0.3 is 0 Å². The van der Waals surface area contributed by atoms with Crippen LogP contribution in [0, 0.1) is 5.92 Å². The van der Waals surface area contributed by atoms with Gasteiger partial charge in [0.15, 0.2) is 0 Å². The summed E-state index contributed by atoms with van der Waals surface area (Å²) in [7, 11) is 2.21. The summed E-state index contributed by atoms with van der Waals surface area (Å²) in [5, 5.41) is 0. The lowest BCUT2D eigenvalue weighted by molar-refractivity contribution is -0.137. The fourth-order valence-electron chi connectivity index (χ4n) is 3.85. The third-order valence-electron chi connectivity index (χ3n) is 4.88. The van der Waals surface area contributed by atoms with Crippen molar-refractivity contribution in [3.05, 3.63) is 0 Å². The summed E-state index contributed by atoms with van der Waals surface area (Å²) in [4.78, 5) is 17.2.